The molecule has 3 aromatic carbocycles. The molecular formula is C26H24N2O2. The molecule has 1 aromatic heterocycles. The molecule has 5 rings (SSSR count). The van der Waals surface area contributed by atoms with E-state index in [1.54, 1.807) is 0 Å². The van der Waals surface area contributed by atoms with Gasteiger partial charge in [0.2, 0.25) is 5.91 Å². The van der Waals surface area contributed by atoms with E-state index in [2.05, 4.69) is 4.98 Å². The fourth-order valence-corrected chi connectivity index (χ4v) is 4.36. The van der Waals surface area contributed by atoms with E-state index < -0.39 is 0 Å². The van der Waals surface area contributed by atoms with Gasteiger partial charge in [0.1, 0.15) is 5.52 Å². The van der Waals surface area contributed by atoms with Crippen LogP contribution in [0, 0.1) is 0 Å². The Morgan fingerprint density at radius 1 is 0.833 bits per heavy atom. The number of rotatable bonds is 4. The molecule has 30 heavy (non-hydrogen) atoms. The van der Waals surface area contributed by atoms with E-state index in [-0.39, 0.29) is 17.7 Å². The van der Waals surface area contributed by atoms with Crippen LogP contribution in [0.4, 0.5) is 0 Å². The SMILES string of the molecule is O=C(C(c1ccccc1)c1ccccc1)N1CCC(c2nc3ccccc3o2)CC1. The number of aromatic nitrogens is 1. The molecule has 2 heterocycles. The molecule has 1 aliphatic heterocycles. The highest BCUT2D eigenvalue weighted by Gasteiger charge is 2.32. The molecule has 4 nitrogen and oxygen atoms in total. The van der Waals surface area contributed by atoms with Gasteiger partial charge < -0.3 is 9.32 Å². The Bertz CT molecular complexity index is 1060. The summed E-state index contributed by atoms with van der Waals surface area (Å²) in [4.78, 5) is 20.2. The maximum Gasteiger partial charge on any atom is 0.234 e. The molecule has 0 radical (unpaired) electrons. The van der Waals surface area contributed by atoms with Crippen LogP contribution in [0.5, 0.6) is 0 Å². The third kappa shape index (κ3) is 3.61. The van der Waals surface area contributed by atoms with Crippen molar-refractivity contribution in [2.45, 2.75) is 24.7 Å². The third-order valence-electron chi connectivity index (χ3n) is 5.98. The number of oxazole rings is 1. The van der Waals surface area contributed by atoms with Gasteiger partial charge in [0.15, 0.2) is 11.5 Å². The summed E-state index contributed by atoms with van der Waals surface area (Å²) in [6.45, 7) is 1.44. The zero-order chi connectivity index (χ0) is 20.3. The van der Waals surface area contributed by atoms with Crippen molar-refractivity contribution >= 4 is 17.0 Å². The molecule has 4 aromatic rings. The van der Waals surface area contributed by atoms with Crippen LogP contribution in [0.25, 0.3) is 11.1 Å². The number of amides is 1. The summed E-state index contributed by atoms with van der Waals surface area (Å²) in [5.74, 6) is 0.955. The van der Waals surface area contributed by atoms with E-state index >= 15 is 0 Å². The number of para-hydroxylation sites is 2. The molecule has 0 atom stereocenters. The quantitative estimate of drug-likeness (QED) is 0.466. The second kappa shape index (κ2) is 8.15. The van der Waals surface area contributed by atoms with Crippen LogP contribution in [0.3, 0.4) is 0 Å². The largest absolute Gasteiger partial charge is 0.440 e. The standard InChI is InChI=1S/C26H24N2O2/c29-26(24(19-9-3-1-4-10-19)20-11-5-2-6-12-20)28-17-15-21(16-18-28)25-27-22-13-7-8-14-23(22)30-25/h1-14,21,24H,15-18H2. The fourth-order valence-electron chi connectivity index (χ4n) is 4.36. The van der Waals surface area contributed by atoms with E-state index in [1.807, 2.05) is 89.8 Å². The minimum absolute atomic E-state index is 0.170. The van der Waals surface area contributed by atoms with Crippen LogP contribution in [0.15, 0.2) is 89.3 Å². The molecule has 0 bridgehead atoms. The maximum absolute atomic E-state index is 13.6. The van der Waals surface area contributed by atoms with Gasteiger partial charge in [-0.1, -0.05) is 72.8 Å². The molecule has 1 saturated heterocycles. The lowest BCUT2D eigenvalue weighted by atomic mass is 9.88. The molecule has 0 N–H and O–H groups in total. The highest BCUT2D eigenvalue weighted by atomic mass is 16.3. The summed E-state index contributed by atoms with van der Waals surface area (Å²) in [6.07, 6.45) is 1.74. The minimum atomic E-state index is -0.270. The zero-order valence-electron chi connectivity index (χ0n) is 16.8. The molecule has 0 saturated carbocycles. The Morgan fingerprint density at radius 3 is 2.00 bits per heavy atom. The Kier molecular flexibility index (Phi) is 5.06. The van der Waals surface area contributed by atoms with Gasteiger partial charge in [-0.3, -0.25) is 4.79 Å². The lowest BCUT2D eigenvalue weighted by Gasteiger charge is -2.33. The Labute approximate surface area is 176 Å². The topological polar surface area (TPSA) is 46.3 Å². The molecule has 150 valence electrons. The first-order valence-corrected chi connectivity index (χ1v) is 10.5. The van der Waals surface area contributed by atoms with Gasteiger partial charge >= 0.3 is 0 Å². The Balaban J connectivity index is 1.34. The molecular weight excluding hydrogens is 372 g/mol. The number of carbonyl (C=O) groups is 1. The monoisotopic (exact) mass is 396 g/mol. The van der Waals surface area contributed by atoms with Crippen LogP contribution in [-0.4, -0.2) is 28.9 Å². The van der Waals surface area contributed by atoms with Gasteiger partial charge in [0.05, 0.1) is 5.92 Å². The van der Waals surface area contributed by atoms with Crippen molar-refractivity contribution in [3.63, 3.8) is 0 Å². The van der Waals surface area contributed by atoms with Gasteiger partial charge in [0.25, 0.3) is 0 Å². The predicted octanol–water partition coefficient (Wildman–Crippen LogP) is 5.37. The van der Waals surface area contributed by atoms with E-state index in [1.165, 1.54) is 0 Å². The number of fused-ring (bicyclic) bond motifs is 1. The van der Waals surface area contributed by atoms with Crippen molar-refractivity contribution < 1.29 is 9.21 Å². The third-order valence-corrected chi connectivity index (χ3v) is 5.98. The van der Waals surface area contributed by atoms with Crippen LogP contribution in [0.1, 0.15) is 41.7 Å². The lowest BCUT2D eigenvalue weighted by molar-refractivity contribution is -0.133. The zero-order valence-corrected chi connectivity index (χ0v) is 16.8. The number of carbonyl (C=O) groups excluding carboxylic acids is 1. The van der Waals surface area contributed by atoms with E-state index in [0.717, 1.165) is 54.0 Å². The first-order valence-electron chi connectivity index (χ1n) is 10.5. The summed E-state index contributed by atoms with van der Waals surface area (Å²) >= 11 is 0. The number of likely N-dealkylation sites (tertiary alicyclic amines) is 1. The Hall–Kier alpha value is -3.40. The van der Waals surface area contributed by atoms with E-state index in [4.69, 9.17) is 4.42 Å². The second-order valence-corrected chi connectivity index (χ2v) is 7.87. The lowest BCUT2D eigenvalue weighted by Crippen LogP contribution is -2.41. The number of hydrogen-bond donors (Lipinski definition) is 0. The number of piperidine rings is 1. The highest BCUT2D eigenvalue weighted by Crippen LogP contribution is 2.33. The van der Waals surface area contributed by atoms with E-state index in [0.29, 0.717) is 0 Å². The molecule has 0 spiro atoms. The van der Waals surface area contributed by atoms with Gasteiger partial charge in [-0.15, -0.1) is 0 Å². The summed E-state index contributed by atoms with van der Waals surface area (Å²) in [7, 11) is 0. The first-order chi connectivity index (χ1) is 14.8. The van der Waals surface area contributed by atoms with Crippen molar-refractivity contribution in [2.24, 2.45) is 0 Å². The molecule has 0 unspecified atom stereocenters. The summed E-state index contributed by atoms with van der Waals surface area (Å²) < 4.78 is 5.97. The molecule has 0 aliphatic carbocycles. The van der Waals surface area contributed by atoms with Crippen molar-refractivity contribution in [3.05, 3.63) is 102 Å². The summed E-state index contributed by atoms with van der Waals surface area (Å²) in [5.41, 5.74) is 3.81. The molecule has 1 aliphatic rings. The normalized spacial score (nSPS) is 15.0. The minimum Gasteiger partial charge on any atom is -0.440 e. The van der Waals surface area contributed by atoms with E-state index in [9.17, 15) is 4.79 Å². The number of hydrogen-bond acceptors (Lipinski definition) is 3. The van der Waals surface area contributed by atoms with Crippen molar-refractivity contribution in [1.82, 2.24) is 9.88 Å². The summed E-state index contributed by atoms with van der Waals surface area (Å²) in [5, 5.41) is 0. The number of benzene rings is 3. The van der Waals surface area contributed by atoms with Gasteiger partial charge in [-0.2, -0.15) is 0 Å². The maximum atomic E-state index is 13.6. The molecule has 1 fully saturated rings. The van der Waals surface area contributed by atoms with Gasteiger partial charge in [-0.25, -0.2) is 4.98 Å². The van der Waals surface area contributed by atoms with Crippen LogP contribution in [0.2, 0.25) is 0 Å². The average Bonchev–Trinajstić information content (AvgIpc) is 3.25. The predicted molar refractivity (Wildman–Crippen MR) is 117 cm³/mol. The van der Waals surface area contributed by atoms with Crippen LogP contribution < -0.4 is 0 Å². The van der Waals surface area contributed by atoms with Gasteiger partial charge in [-0.05, 0) is 36.1 Å². The van der Waals surface area contributed by atoms with Crippen molar-refractivity contribution in [3.8, 4) is 0 Å². The van der Waals surface area contributed by atoms with Crippen LogP contribution >= 0.6 is 0 Å². The number of nitrogens with zero attached hydrogens (tertiary/aromatic N) is 2. The fraction of sp³-hybridized carbons (Fsp3) is 0.231. The summed E-state index contributed by atoms with van der Waals surface area (Å²) in [6, 6.07) is 28.0. The Morgan fingerprint density at radius 2 is 1.40 bits per heavy atom. The van der Waals surface area contributed by atoms with Crippen LogP contribution in [-0.2, 0) is 4.79 Å². The van der Waals surface area contributed by atoms with Crippen molar-refractivity contribution in [2.75, 3.05) is 13.1 Å². The average molecular weight is 396 g/mol. The highest BCUT2D eigenvalue weighted by molar-refractivity contribution is 5.87. The molecule has 4 heteroatoms. The second-order valence-electron chi connectivity index (χ2n) is 7.87. The smallest absolute Gasteiger partial charge is 0.234 e. The molecule has 1 amide bonds. The first kappa shape index (κ1) is 18.6. The van der Waals surface area contributed by atoms with Gasteiger partial charge in [0, 0.05) is 19.0 Å². The van der Waals surface area contributed by atoms with Crippen molar-refractivity contribution in [1.29, 1.82) is 0 Å².